The Labute approximate surface area is 150 Å². The number of esters is 4. The van der Waals surface area contributed by atoms with E-state index in [1.807, 2.05) is 0 Å². The number of ether oxygens (including phenoxy) is 6. The molecule has 0 spiro atoms. The fraction of sp³-hybridized carbons (Fsp3) is 0.625. The quantitative estimate of drug-likeness (QED) is 0.347. The molecule has 1 saturated heterocycles. The standard InChI is InChI=1S/C16H22O10/c1-6-21-16-15(25-11(5)20)14(24-10(4)19)13(23-9(3)18)12(26-16)7-22-8(2)17/h6,12-16H,1,7H2,2-5H3. The van der Waals surface area contributed by atoms with E-state index in [9.17, 15) is 19.2 Å². The minimum Gasteiger partial charge on any atom is -0.469 e. The molecule has 10 heteroatoms. The van der Waals surface area contributed by atoms with Gasteiger partial charge in [0.15, 0.2) is 12.2 Å². The summed E-state index contributed by atoms with van der Waals surface area (Å²) < 4.78 is 31.2. The van der Waals surface area contributed by atoms with E-state index in [1.54, 1.807) is 0 Å². The lowest BCUT2D eigenvalue weighted by Gasteiger charge is -2.43. The van der Waals surface area contributed by atoms with Crippen molar-refractivity contribution >= 4 is 23.9 Å². The Morgan fingerprint density at radius 1 is 0.846 bits per heavy atom. The second kappa shape index (κ2) is 9.76. The van der Waals surface area contributed by atoms with Gasteiger partial charge in [0.25, 0.3) is 0 Å². The Morgan fingerprint density at radius 3 is 1.81 bits per heavy atom. The van der Waals surface area contributed by atoms with Gasteiger partial charge in [-0.2, -0.15) is 0 Å². The maximum absolute atomic E-state index is 11.5. The molecule has 5 unspecified atom stereocenters. The van der Waals surface area contributed by atoms with Crippen molar-refractivity contribution in [1.29, 1.82) is 0 Å². The third-order valence-corrected chi connectivity index (χ3v) is 3.18. The van der Waals surface area contributed by atoms with Gasteiger partial charge in [0, 0.05) is 27.7 Å². The molecule has 0 aromatic carbocycles. The van der Waals surface area contributed by atoms with Crippen LogP contribution in [0.25, 0.3) is 0 Å². The molecule has 1 rings (SSSR count). The summed E-state index contributed by atoms with van der Waals surface area (Å²) >= 11 is 0. The zero-order valence-corrected chi connectivity index (χ0v) is 15.0. The Hall–Kier alpha value is -2.62. The summed E-state index contributed by atoms with van der Waals surface area (Å²) in [5.74, 6) is -2.71. The maximum atomic E-state index is 11.5. The lowest BCUT2D eigenvalue weighted by Crippen LogP contribution is -2.62. The molecule has 10 nitrogen and oxygen atoms in total. The first-order valence-electron chi connectivity index (χ1n) is 7.72. The monoisotopic (exact) mass is 374 g/mol. The largest absolute Gasteiger partial charge is 0.469 e. The number of hydrogen-bond donors (Lipinski definition) is 0. The summed E-state index contributed by atoms with van der Waals surface area (Å²) in [6.45, 7) is 7.69. The summed E-state index contributed by atoms with van der Waals surface area (Å²) in [7, 11) is 0. The first-order chi connectivity index (χ1) is 12.1. The normalized spacial score (nSPS) is 27.6. The van der Waals surface area contributed by atoms with E-state index in [4.69, 9.17) is 28.4 Å². The second-order valence-electron chi connectivity index (χ2n) is 5.37. The van der Waals surface area contributed by atoms with Crippen molar-refractivity contribution in [2.45, 2.75) is 58.4 Å². The van der Waals surface area contributed by atoms with Crippen molar-refractivity contribution in [2.24, 2.45) is 0 Å². The van der Waals surface area contributed by atoms with Crippen LogP contribution in [-0.4, -0.2) is 61.2 Å². The Balaban J connectivity index is 3.24. The molecule has 5 atom stereocenters. The molecular formula is C16H22O10. The predicted molar refractivity (Wildman–Crippen MR) is 83.2 cm³/mol. The lowest BCUT2D eigenvalue weighted by molar-refractivity contribution is -0.297. The highest BCUT2D eigenvalue weighted by molar-refractivity contribution is 5.68. The van der Waals surface area contributed by atoms with Crippen LogP contribution >= 0.6 is 0 Å². The molecule has 1 aliphatic rings. The molecule has 0 bridgehead atoms. The Kier molecular flexibility index (Phi) is 8.04. The van der Waals surface area contributed by atoms with Gasteiger partial charge < -0.3 is 28.4 Å². The highest BCUT2D eigenvalue weighted by Crippen LogP contribution is 2.29. The van der Waals surface area contributed by atoms with Crippen LogP contribution in [0.4, 0.5) is 0 Å². The van der Waals surface area contributed by atoms with Gasteiger partial charge in [-0.25, -0.2) is 0 Å². The average Bonchev–Trinajstić information content (AvgIpc) is 2.50. The summed E-state index contributed by atoms with van der Waals surface area (Å²) in [5, 5.41) is 0. The van der Waals surface area contributed by atoms with E-state index in [0.717, 1.165) is 27.0 Å². The van der Waals surface area contributed by atoms with E-state index in [0.29, 0.717) is 0 Å². The zero-order valence-electron chi connectivity index (χ0n) is 15.0. The lowest BCUT2D eigenvalue weighted by atomic mass is 9.98. The molecule has 0 amide bonds. The van der Waals surface area contributed by atoms with E-state index in [2.05, 4.69) is 6.58 Å². The predicted octanol–water partition coefficient (Wildman–Crippen LogP) is 0.230. The fourth-order valence-electron chi connectivity index (χ4n) is 2.39. The van der Waals surface area contributed by atoms with Gasteiger partial charge in [0.2, 0.25) is 12.4 Å². The molecule has 0 saturated carbocycles. The Morgan fingerprint density at radius 2 is 1.35 bits per heavy atom. The van der Waals surface area contributed by atoms with Crippen molar-refractivity contribution < 1.29 is 47.6 Å². The van der Waals surface area contributed by atoms with Crippen LogP contribution in [0, 0.1) is 0 Å². The highest BCUT2D eigenvalue weighted by Gasteiger charge is 2.53. The van der Waals surface area contributed by atoms with Crippen molar-refractivity contribution in [3.05, 3.63) is 12.8 Å². The van der Waals surface area contributed by atoms with Gasteiger partial charge in [0.05, 0.1) is 6.26 Å². The molecule has 0 aromatic heterocycles. The molecule has 1 heterocycles. The summed E-state index contributed by atoms with van der Waals surface area (Å²) in [6, 6.07) is 0. The summed E-state index contributed by atoms with van der Waals surface area (Å²) in [5.41, 5.74) is 0. The van der Waals surface area contributed by atoms with Crippen molar-refractivity contribution in [3.8, 4) is 0 Å². The third kappa shape index (κ3) is 6.36. The molecule has 0 N–H and O–H groups in total. The van der Waals surface area contributed by atoms with Crippen LogP contribution in [0.2, 0.25) is 0 Å². The smallest absolute Gasteiger partial charge is 0.303 e. The maximum Gasteiger partial charge on any atom is 0.303 e. The van der Waals surface area contributed by atoms with Crippen LogP contribution in [0.3, 0.4) is 0 Å². The minimum absolute atomic E-state index is 0.311. The number of carbonyl (C=O) groups excluding carboxylic acids is 4. The first-order valence-corrected chi connectivity index (χ1v) is 7.72. The van der Waals surface area contributed by atoms with Crippen LogP contribution in [0.15, 0.2) is 12.8 Å². The molecule has 0 aromatic rings. The second-order valence-corrected chi connectivity index (χ2v) is 5.37. The number of hydrogen-bond acceptors (Lipinski definition) is 10. The molecule has 146 valence electrons. The summed E-state index contributed by atoms with van der Waals surface area (Å²) in [6.07, 6.45) is -4.92. The third-order valence-electron chi connectivity index (χ3n) is 3.18. The van der Waals surface area contributed by atoms with Crippen LogP contribution in [-0.2, 0) is 47.6 Å². The van der Waals surface area contributed by atoms with E-state index in [1.165, 1.54) is 6.92 Å². The molecule has 0 radical (unpaired) electrons. The fourth-order valence-corrected chi connectivity index (χ4v) is 2.39. The minimum atomic E-state index is -1.25. The Bertz CT molecular complexity index is 557. The molecule has 26 heavy (non-hydrogen) atoms. The van der Waals surface area contributed by atoms with E-state index < -0.39 is 54.6 Å². The first kappa shape index (κ1) is 21.4. The van der Waals surface area contributed by atoms with Crippen molar-refractivity contribution in [3.63, 3.8) is 0 Å². The molecular weight excluding hydrogens is 352 g/mol. The van der Waals surface area contributed by atoms with Gasteiger partial charge >= 0.3 is 23.9 Å². The van der Waals surface area contributed by atoms with Gasteiger partial charge in [-0.05, 0) is 0 Å². The topological polar surface area (TPSA) is 124 Å². The van der Waals surface area contributed by atoms with Gasteiger partial charge in [-0.1, -0.05) is 6.58 Å². The molecule has 1 fully saturated rings. The SMILES string of the molecule is C=COC1OC(COC(C)=O)C(OC(C)=O)C(OC(C)=O)C1OC(C)=O. The highest BCUT2D eigenvalue weighted by atomic mass is 16.7. The summed E-state index contributed by atoms with van der Waals surface area (Å²) in [4.78, 5) is 45.5. The van der Waals surface area contributed by atoms with E-state index in [-0.39, 0.29) is 6.61 Å². The average molecular weight is 374 g/mol. The molecule has 0 aliphatic carbocycles. The van der Waals surface area contributed by atoms with Crippen LogP contribution in [0.5, 0.6) is 0 Å². The van der Waals surface area contributed by atoms with Crippen molar-refractivity contribution in [2.75, 3.05) is 6.61 Å². The number of rotatable bonds is 7. The van der Waals surface area contributed by atoms with Gasteiger partial charge in [-0.3, -0.25) is 19.2 Å². The van der Waals surface area contributed by atoms with Gasteiger partial charge in [-0.15, -0.1) is 0 Å². The zero-order chi connectivity index (χ0) is 19.9. The number of carbonyl (C=O) groups is 4. The van der Waals surface area contributed by atoms with Crippen LogP contribution < -0.4 is 0 Å². The van der Waals surface area contributed by atoms with Crippen LogP contribution in [0.1, 0.15) is 27.7 Å². The van der Waals surface area contributed by atoms with Crippen molar-refractivity contribution in [1.82, 2.24) is 0 Å². The molecule has 1 aliphatic heterocycles. The van der Waals surface area contributed by atoms with Gasteiger partial charge in [0.1, 0.15) is 12.7 Å². The van der Waals surface area contributed by atoms with E-state index >= 15 is 0 Å².